The predicted octanol–water partition coefficient (Wildman–Crippen LogP) is 4.39. The molecule has 17 heavy (non-hydrogen) atoms. The summed E-state index contributed by atoms with van der Waals surface area (Å²) in [6.45, 7) is 4.08. The van der Waals surface area contributed by atoms with E-state index in [1.807, 2.05) is 19.1 Å². The van der Waals surface area contributed by atoms with Gasteiger partial charge in [-0.1, -0.05) is 17.7 Å². The van der Waals surface area contributed by atoms with E-state index in [-0.39, 0.29) is 0 Å². The van der Waals surface area contributed by atoms with Crippen LogP contribution in [-0.2, 0) is 0 Å². The van der Waals surface area contributed by atoms with Crippen molar-refractivity contribution in [3.8, 4) is 0 Å². The van der Waals surface area contributed by atoms with Gasteiger partial charge < -0.3 is 11.1 Å². The molecule has 0 saturated heterocycles. The van der Waals surface area contributed by atoms with E-state index >= 15 is 0 Å². The van der Waals surface area contributed by atoms with Crippen LogP contribution in [0.15, 0.2) is 40.9 Å². The summed E-state index contributed by atoms with van der Waals surface area (Å²) in [7, 11) is 0. The number of nitrogens with one attached hydrogen (secondary N) is 1. The lowest BCUT2D eigenvalue weighted by molar-refractivity contribution is 1.42. The number of hydrogen-bond acceptors (Lipinski definition) is 2. The van der Waals surface area contributed by atoms with E-state index in [1.165, 1.54) is 5.56 Å². The fraction of sp³-hybridized carbons (Fsp3) is 0.143. The van der Waals surface area contributed by atoms with Crippen LogP contribution in [0.1, 0.15) is 11.1 Å². The maximum atomic E-state index is 5.85. The second-order valence-electron chi connectivity index (χ2n) is 4.18. The van der Waals surface area contributed by atoms with Gasteiger partial charge in [-0.25, -0.2) is 0 Å². The molecule has 3 N–H and O–H groups in total. The van der Waals surface area contributed by atoms with Crippen molar-refractivity contribution in [2.45, 2.75) is 13.8 Å². The van der Waals surface area contributed by atoms with Gasteiger partial charge in [0.1, 0.15) is 0 Å². The van der Waals surface area contributed by atoms with E-state index in [1.54, 1.807) is 0 Å². The van der Waals surface area contributed by atoms with Crippen LogP contribution >= 0.6 is 15.9 Å². The topological polar surface area (TPSA) is 38.0 Å². The molecular formula is C14H15BrN2. The Bertz CT molecular complexity index is 533. The minimum Gasteiger partial charge on any atom is -0.398 e. The van der Waals surface area contributed by atoms with Gasteiger partial charge in [-0.3, -0.25) is 0 Å². The van der Waals surface area contributed by atoms with E-state index < -0.39 is 0 Å². The standard InChI is InChI=1S/C14H15BrN2/c1-9-3-5-11(6-4-9)17-14-7-10(2)13(16)8-12(14)15/h3-8,17H,16H2,1-2H3. The van der Waals surface area contributed by atoms with Crippen molar-refractivity contribution in [1.82, 2.24) is 0 Å². The van der Waals surface area contributed by atoms with Crippen LogP contribution in [0, 0.1) is 13.8 Å². The van der Waals surface area contributed by atoms with Crippen LogP contribution in [0.4, 0.5) is 17.1 Å². The summed E-state index contributed by atoms with van der Waals surface area (Å²) in [6, 6.07) is 12.3. The average molecular weight is 291 g/mol. The van der Waals surface area contributed by atoms with Gasteiger partial charge in [-0.05, 0) is 59.6 Å². The van der Waals surface area contributed by atoms with E-state index in [0.717, 1.165) is 27.1 Å². The lowest BCUT2D eigenvalue weighted by atomic mass is 10.1. The first-order valence-corrected chi connectivity index (χ1v) is 6.25. The zero-order chi connectivity index (χ0) is 12.4. The van der Waals surface area contributed by atoms with E-state index in [4.69, 9.17) is 5.73 Å². The highest BCUT2D eigenvalue weighted by Gasteiger charge is 2.03. The Morgan fingerprint density at radius 1 is 1.06 bits per heavy atom. The molecule has 0 aliphatic carbocycles. The molecule has 0 aliphatic rings. The second kappa shape index (κ2) is 4.80. The fourth-order valence-electron chi connectivity index (χ4n) is 1.59. The average Bonchev–Trinajstić information content (AvgIpc) is 2.29. The maximum absolute atomic E-state index is 5.85. The number of aryl methyl sites for hydroxylation is 2. The third-order valence-corrected chi connectivity index (χ3v) is 3.34. The Balaban J connectivity index is 2.30. The number of nitrogen functional groups attached to an aromatic ring is 1. The summed E-state index contributed by atoms with van der Waals surface area (Å²) in [4.78, 5) is 0. The number of hydrogen-bond donors (Lipinski definition) is 2. The van der Waals surface area contributed by atoms with Crippen molar-refractivity contribution in [1.29, 1.82) is 0 Å². The Morgan fingerprint density at radius 2 is 1.71 bits per heavy atom. The van der Waals surface area contributed by atoms with Crippen molar-refractivity contribution >= 4 is 33.0 Å². The molecule has 2 nitrogen and oxygen atoms in total. The van der Waals surface area contributed by atoms with Crippen molar-refractivity contribution < 1.29 is 0 Å². The van der Waals surface area contributed by atoms with Gasteiger partial charge in [0.25, 0.3) is 0 Å². The van der Waals surface area contributed by atoms with Crippen molar-refractivity contribution in [3.63, 3.8) is 0 Å². The molecule has 0 heterocycles. The van der Waals surface area contributed by atoms with Gasteiger partial charge in [-0.2, -0.15) is 0 Å². The molecule has 2 rings (SSSR count). The molecular weight excluding hydrogens is 276 g/mol. The number of rotatable bonds is 2. The summed E-state index contributed by atoms with van der Waals surface area (Å²) < 4.78 is 0.973. The smallest absolute Gasteiger partial charge is 0.0532 e. The molecule has 2 aromatic rings. The maximum Gasteiger partial charge on any atom is 0.0532 e. The first-order chi connectivity index (χ1) is 8.06. The first kappa shape index (κ1) is 12.0. The van der Waals surface area contributed by atoms with Gasteiger partial charge in [0.2, 0.25) is 0 Å². The Labute approximate surface area is 110 Å². The molecule has 2 aromatic carbocycles. The third kappa shape index (κ3) is 2.80. The molecule has 0 amide bonds. The lowest BCUT2D eigenvalue weighted by Gasteiger charge is -2.11. The minimum absolute atomic E-state index is 0.798. The van der Waals surface area contributed by atoms with Crippen LogP contribution in [0.2, 0.25) is 0 Å². The van der Waals surface area contributed by atoms with Crippen molar-refractivity contribution in [2.75, 3.05) is 11.1 Å². The Morgan fingerprint density at radius 3 is 2.35 bits per heavy atom. The van der Waals surface area contributed by atoms with Gasteiger partial charge in [0, 0.05) is 15.8 Å². The van der Waals surface area contributed by atoms with Gasteiger partial charge in [0.15, 0.2) is 0 Å². The number of anilines is 3. The summed E-state index contributed by atoms with van der Waals surface area (Å²) in [5.74, 6) is 0. The molecule has 0 unspecified atom stereocenters. The lowest BCUT2D eigenvalue weighted by Crippen LogP contribution is -1.95. The molecule has 3 heteroatoms. The van der Waals surface area contributed by atoms with Gasteiger partial charge >= 0.3 is 0 Å². The molecule has 88 valence electrons. The summed E-state index contributed by atoms with van der Waals surface area (Å²) >= 11 is 3.51. The van der Waals surface area contributed by atoms with Gasteiger partial charge in [0.05, 0.1) is 5.69 Å². The molecule has 0 aromatic heterocycles. The van der Waals surface area contributed by atoms with Crippen LogP contribution < -0.4 is 11.1 Å². The molecule has 0 atom stereocenters. The first-order valence-electron chi connectivity index (χ1n) is 5.45. The minimum atomic E-state index is 0.798. The molecule has 0 saturated carbocycles. The number of nitrogens with two attached hydrogens (primary N) is 1. The van der Waals surface area contributed by atoms with Crippen molar-refractivity contribution in [2.24, 2.45) is 0 Å². The highest BCUT2D eigenvalue weighted by molar-refractivity contribution is 9.10. The third-order valence-electron chi connectivity index (χ3n) is 2.69. The zero-order valence-corrected chi connectivity index (χ0v) is 11.5. The Hall–Kier alpha value is -1.48. The van der Waals surface area contributed by atoms with E-state index in [0.29, 0.717) is 0 Å². The molecule has 0 bridgehead atoms. The predicted molar refractivity (Wildman–Crippen MR) is 77.8 cm³/mol. The molecule has 0 fully saturated rings. The molecule has 0 spiro atoms. The van der Waals surface area contributed by atoms with Crippen LogP contribution in [0.3, 0.4) is 0 Å². The largest absolute Gasteiger partial charge is 0.398 e. The number of benzene rings is 2. The summed E-state index contributed by atoms with van der Waals surface area (Å²) in [5, 5.41) is 3.37. The molecule has 0 radical (unpaired) electrons. The SMILES string of the molecule is Cc1ccc(Nc2cc(C)c(N)cc2Br)cc1. The fourth-order valence-corrected chi connectivity index (χ4v) is 2.05. The quantitative estimate of drug-likeness (QED) is 0.805. The Kier molecular flexibility index (Phi) is 3.38. The molecule has 0 aliphatic heterocycles. The monoisotopic (exact) mass is 290 g/mol. The summed E-state index contributed by atoms with van der Waals surface area (Å²) in [6.07, 6.45) is 0. The van der Waals surface area contributed by atoms with Crippen molar-refractivity contribution in [3.05, 3.63) is 52.0 Å². The summed E-state index contributed by atoms with van der Waals surface area (Å²) in [5.41, 5.74) is 11.1. The van der Waals surface area contributed by atoms with Gasteiger partial charge in [-0.15, -0.1) is 0 Å². The number of halogens is 1. The highest BCUT2D eigenvalue weighted by atomic mass is 79.9. The van der Waals surface area contributed by atoms with Crippen LogP contribution in [-0.4, -0.2) is 0 Å². The normalized spacial score (nSPS) is 10.3. The van der Waals surface area contributed by atoms with E-state index in [2.05, 4.69) is 52.4 Å². The van der Waals surface area contributed by atoms with Crippen LogP contribution in [0.5, 0.6) is 0 Å². The second-order valence-corrected chi connectivity index (χ2v) is 5.03. The highest BCUT2D eigenvalue weighted by Crippen LogP contribution is 2.30. The van der Waals surface area contributed by atoms with Crippen LogP contribution in [0.25, 0.3) is 0 Å². The van der Waals surface area contributed by atoms with E-state index in [9.17, 15) is 0 Å². The zero-order valence-electron chi connectivity index (χ0n) is 9.92.